The molecular formula is C16H22N4O6. The predicted molar refractivity (Wildman–Crippen MR) is 92.5 cm³/mol. The lowest BCUT2D eigenvalue weighted by Gasteiger charge is -2.15. The van der Waals surface area contributed by atoms with Gasteiger partial charge in [0, 0.05) is 24.2 Å². The molecule has 2 amide bonds. The first-order chi connectivity index (χ1) is 12.2. The van der Waals surface area contributed by atoms with E-state index >= 15 is 0 Å². The van der Waals surface area contributed by atoms with Crippen LogP contribution in [0.1, 0.15) is 36.5 Å². The number of carboxylic acids is 1. The van der Waals surface area contributed by atoms with E-state index < -0.39 is 28.9 Å². The molecule has 142 valence electrons. The summed E-state index contributed by atoms with van der Waals surface area (Å²) >= 11 is 0. The van der Waals surface area contributed by atoms with Crippen molar-refractivity contribution in [2.45, 2.75) is 38.3 Å². The first-order valence-corrected chi connectivity index (χ1v) is 8.03. The standard InChI is InChI=1S/C16H22N4O6/c1-10(17)14(21)18-9-3-2-4-13(16(23)24)19-15(22)11-5-7-12(8-6-11)20(25)26/h5-8,10,13H,2-4,9,17H2,1H3,(H,18,21)(H,19,22)(H,23,24)/t10-,13+/m0/s1. The Kier molecular flexibility index (Phi) is 8.16. The fourth-order valence-corrected chi connectivity index (χ4v) is 2.08. The molecule has 0 spiro atoms. The largest absolute Gasteiger partial charge is 0.480 e. The van der Waals surface area contributed by atoms with E-state index in [-0.39, 0.29) is 23.6 Å². The number of nitrogens with zero attached hydrogens (tertiary/aromatic N) is 1. The summed E-state index contributed by atoms with van der Waals surface area (Å²) in [6.07, 6.45) is 1.19. The smallest absolute Gasteiger partial charge is 0.326 e. The zero-order chi connectivity index (χ0) is 19.7. The van der Waals surface area contributed by atoms with Crippen molar-refractivity contribution in [3.05, 3.63) is 39.9 Å². The van der Waals surface area contributed by atoms with Crippen molar-refractivity contribution in [3.8, 4) is 0 Å². The van der Waals surface area contributed by atoms with Gasteiger partial charge in [0.15, 0.2) is 0 Å². The molecule has 0 saturated heterocycles. The molecule has 1 rings (SSSR count). The van der Waals surface area contributed by atoms with Crippen LogP contribution in [-0.4, -0.2) is 46.4 Å². The van der Waals surface area contributed by atoms with Crippen LogP contribution in [0.15, 0.2) is 24.3 Å². The number of nitrogens with one attached hydrogen (secondary N) is 2. The second-order valence-corrected chi connectivity index (χ2v) is 5.74. The number of carbonyl (C=O) groups excluding carboxylic acids is 2. The van der Waals surface area contributed by atoms with Gasteiger partial charge in [-0.3, -0.25) is 19.7 Å². The first kappa shape index (κ1) is 21.0. The van der Waals surface area contributed by atoms with Gasteiger partial charge in [-0.25, -0.2) is 4.79 Å². The maximum Gasteiger partial charge on any atom is 0.326 e. The van der Waals surface area contributed by atoms with Crippen molar-refractivity contribution >= 4 is 23.5 Å². The summed E-state index contributed by atoms with van der Waals surface area (Å²) in [7, 11) is 0. The number of benzene rings is 1. The van der Waals surface area contributed by atoms with E-state index in [4.69, 9.17) is 5.73 Å². The minimum atomic E-state index is -1.18. The summed E-state index contributed by atoms with van der Waals surface area (Å²) < 4.78 is 0. The second-order valence-electron chi connectivity index (χ2n) is 5.74. The Morgan fingerprint density at radius 3 is 2.35 bits per heavy atom. The number of hydrogen-bond acceptors (Lipinski definition) is 6. The SMILES string of the molecule is C[C@H](N)C(=O)NCCCC[C@@H](NC(=O)c1ccc([N+](=O)[O-])cc1)C(=O)O. The molecular weight excluding hydrogens is 344 g/mol. The number of non-ortho nitro benzene ring substituents is 1. The van der Waals surface area contributed by atoms with Crippen LogP contribution in [0, 0.1) is 10.1 Å². The Labute approximate surface area is 149 Å². The zero-order valence-corrected chi connectivity index (χ0v) is 14.3. The minimum absolute atomic E-state index is 0.131. The molecule has 0 unspecified atom stereocenters. The van der Waals surface area contributed by atoms with Gasteiger partial charge in [-0.05, 0) is 38.3 Å². The fraction of sp³-hybridized carbons (Fsp3) is 0.438. The number of carbonyl (C=O) groups is 3. The van der Waals surface area contributed by atoms with Crippen LogP contribution in [0.25, 0.3) is 0 Å². The van der Waals surface area contributed by atoms with Gasteiger partial charge in [0.05, 0.1) is 11.0 Å². The van der Waals surface area contributed by atoms with Crippen LogP contribution in [0.5, 0.6) is 0 Å². The molecule has 0 radical (unpaired) electrons. The number of amides is 2. The highest BCUT2D eigenvalue weighted by Gasteiger charge is 2.20. The Bertz CT molecular complexity index is 659. The molecule has 0 heterocycles. The van der Waals surface area contributed by atoms with Gasteiger partial charge in [-0.15, -0.1) is 0 Å². The van der Waals surface area contributed by atoms with E-state index in [1.165, 1.54) is 24.3 Å². The van der Waals surface area contributed by atoms with Crippen molar-refractivity contribution in [3.63, 3.8) is 0 Å². The van der Waals surface area contributed by atoms with Crippen LogP contribution in [0.4, 0.5) is 5.69 Å². The third-order valence-corrected chi connectivity index (χ3v) is 3.58. The Morgan fingerprint density at radius 2 is 1.85 bits per heavy atom. The topological polar surface area (TPSA) is 165 Å². The quantitative estimate of drug-likeness (QED) is 0.264. The normalized spacial score (nSPS) is 12.7. The highest BCUT2D eigenvalue weighted by atomic mass is 16.6. The van der Waals surface area contributed by atoms with E-state index in [1.807, 2.05) is 0 Å². The van der Waals surface area contributed by atoms with Crippen molar-refractivity contribution < 1.29 is 24.4 Å². The molecule has 0 bridgehead atoms. The number of unbranched alkanes of at least 4 members (excludes halogenated alkanes) is 1. The number of nitrogens with two attached hydrogens (primary N) is 1. The summed E-state index contributed by atoms with van der Waals surface area (Å²) in [5, 5.41) is 24.8. The van der Waals surface area contributed by atoms with Crippen molar-refractivity contribution in [1.29, 1.82) is 0 Å². The summed E-state index contributed by atoms with van der Waals surface area (Å²) in [6, 6.07) is 3.16. The number of aliphatic carboxylic acids is 1. The van der Waals surface area contributed by atoms with Crippen molar-refractivity contribution in [2.75, 3.05) is 6.54 Å². The van der Waals surface area contributed by atoms with Gasteiger partial charge < -0.3 is 21.5 Å². The van der Waals surface area contributed by atoms with Crippen LogP contribution in [0.3, 0.4) is 0 Å². The maximum absolute atomic E-state index is 12.1. The summed E-state index contributed by atoms with van der Waals surface area (Å²) in [6.45, 7) is 1.92. The Morgan fingerprint density at radius 1 is 1.23 bits per heavy atom. The molecule has 10 nitrogen and oxygen atoms in total. The number of hydrogen-bond donors (Lipinski definition) is 4. The molecule has 0 aliphatic heterocycles. The van der Waals surface area contributed by atoms with E-state index in [2.05, 4.69) is 10.6 Å². The molecule has 10 heteroatoms. The molecule has 0 aliphatic carbocycles. The molecule has 26 heavy (non-hydrogen) atoms. The lowest BCUT2D eigenvalue weighted by molar-refractivity contribution is -0.384. The highest BCUT2D eigenvalue weighted by Crippen LogP contribution is 2.12. The first-order valence-electron chi connectivity index (χ1n) is 8.03. The summed E-state index contributed by atoms with van der Waals surface area (Å²) in [4.78, 5) is 44.6. The van der Waals surface area contributed by atoms with E-state index in [1.54, 1.807) is 6.92 Å². The lowest BCUT2D eigenvalue weighted by atomic mass is 10.1. The average molecular weight is 366 g/mol. The van der Waals surface area contributed by atoms with Gasteiger partial charge in [0.1, 0.15) is 6.04 Å². The van der Waals surface area contributed by atoms with Crippen LogP contribution >= 0.6 is 0 Å². The maximum atomic E-state index is 12.1. The van der Waals surface area contributed by atoms with Gasteiger partial charge in [0.25, 0.3) is 11.6 Å². The molecule has 0 aromatic heterocycles. The molecule has 1 aromatic rings. The van der Waals surface area contributed by atoms with Crippen LogP contribution in [0.2, 0.25) is 0 Å². The summed E-state index contributed by atoms with van der Waals surface area (Å²) in [5.41, 5.74) is 5.37. The van der Waals surface area contributed by atoms with E-state index in [0.29, 0.717) is 19.4 Å². The molecule has 1 aromatic carbocycles. The number of nitro benzene ring substituents is 1. The molecule has 2 atom stereocenters. The lowest BCUT2D eigenvalue weighted by Crippen LogP contribution is -2.41. The van der Waals surface area contributed by atoms with Gasteiger partial charge in [0.2, 0.25) is 5.91 Å². The Balaban J connectivity index is 2.49. The highest BCUT2D eigenvalue weighted by molar-refractivity contribution is 5.96. The predicted octanol–water partition coefficient (Wildman–Crippen LogP) is 0.412. The second kappa shape index (κ2) is 10.1. The minimum Gasteiger partial charge on any atom is -0.480 e. The van der Waals surface area contributed by atoms with Crippen LogP contribution in [-0.2, 0) is 9.59 Å². The summed E-state index contributed by atoms with van der Waals surface area (Å²) in [5.74, 6) is -2.09. The Hall–Kier alpha value is -3.01. The van der Waals surface area contributed by atoms with E-state index in [9.17, 15) is 29.6 Å². The van der Waals surface area contributed by atoms with Gasteiger partial charge in [-0.2, -0.15) is 0 Å². The van der Waals surface area contributed by atoms with E-state index in [0.717, 1.165) is 0 Å². The molecule has 5 N–H and O–H groups in total. The van der Waals surface area contributed by atoms with Crippen LogP contribution < -0.4 is 16.4 Å². The van der Waals surface area contributed by atoms with Crippen molar-refractivity contribution in [2.24, 2.45) is 5.73 Å². The third-order valence-electron chi connectivity index (χ3n) is 3.58. The third kappa shape index (κ3) is 6.85. The zero-order valence-electron chi connectivity index (χ0n) is 14.3. The number of rotatable bonds is 10. The molecule has 0 aliphatic rings. The van der Waals surface area contributed by atoms with Gasteiger partial charge in [-0.1, -0.05) is 0 Å². The van der Waals surface area contributed by atoms with Gasteiger partial charge >= 0.3 is 5.97 Å². The monoisotopic (exact) mass is 366 g/mol. The fourth-order valence-electron chi connectivity index (χ4n) is 2.08. The number of carboxylic acid groups (broad SMARTS) is 1. The number of nitro groups is 1. The molecule has 0 fully saturated rings. The van der Waals surface area contributed by atoms with Crippen molar-refractivity contribution in [1.82, 2.24) is 10.6 Å². The molecule has 0 saturated carbocycles. The average Bonchev–Trinajstić information content (AvgIpc) is 2.59.